The molecular weight excluding hydrogens is 924 g/mol. The fourth-order valence-corrected chi connectivity index (χ4v) is 8.74. The summed E-state index contributed by atoms with van der Waals surface area (Å²) in [5.41, 5.74) is 0. The summed E-state index contributed by atoms with van der Waals surface area (Å²) in [7, 11) is 1.19. The maximum atomic E-state index is 11.2. The highest BCUT2D eigenvalue weighted by Gasteiger charge is 2.57. The molecule has 0 aromatic rings. The van der Waals surface area contributed by atoms with Gasteiger partial charge in [-0.2, -0.15) is 0 Å². The minimum absolute atomic E-state index is 0.352. The second-order valence-electron chi connectivity index (χ2n) is 16.8. The highest BCUT2D eigenvalue weighted by Crippen LogP contribution is 2.36. The molecule has 0 spiro atoms. The van der Waals surface area contributed by atoms with E-state index in [1.165, 1.54) is 7.11 Å². The van der Waals surface area contributed by atoms with Gasteiger partial charge in [-0.1, -0.05) is 0 Å². The molecule has 6 heterocycles. The molecular formula is C37H64O30. The summed E-state index contributed by atoms with van der Waals surface area (Å²) >= 11 is 0. The molecule has 0 aliphatic carbocycles. The van der Waals surface area contributed by atoms with Crippen LogP contribution in [0, 0.1) is 0 Å². The highest BCUT2D eigenvalue weighted by atomic mass is 16.8. The van der Waals surface area contributed by atoms with E-state index in [0.717, 1.165) is 0 Å². The van der Waals surface area contributed by atoms with Crippen molar-refractivity contribution < 1.29 is 149 Å². The van der Waals surface area contributed by atoms with Crippen molar-refractivity contribution in [3.8, 4) is 0 Å². The Bertz CT molecular complexity index is 1480. The van der Waals surface area contributed by atoms with Crippen molar-refractivity contribution in [2.24, 2.45) is 0 Å². The van der Waals surface area contributed by atoms with Gasteiger partial charge in [0.25, 0.3) is 0 Å². The standard InChI is InChI=1S/C37H64O30/c1-56-27-11(3-39)58-33(22(51)17(27)46)64-29-13(5-41)60-35(24(53)19(29)48)66-31-15(7-43)62-37(26(55)21(31)50)67-32-14(6-42)61-36(25(54)20(32)49)65-30-12(4-40)59-34(23(52)18(30)47)63-28-10(2-38)57-8-9(44)16(28)45/h9-55H,2-8H2,1H3. The lowest BCUT2D eigenvalue weighted by atomic mass is 9.95. The van der Waals surface area contributed by atoms with Crippen LogP contribution in [-0.4, -0.2) is 323 Å². The Balaban J connectivity index is 1.07. The smallest absolute Gasteiger partial charge is 0.187 e. The normalized spacial score (nSPS) is 52.3. The van der Waals surface area contributed by atoms with Crippen molar-refractivity contribution >= 4 is 0 Å². The van der Waals surface area contributed by atoms with E-state index in [-0.39, 0.29) is 6.61 Å². The zero-order chi connectivity index (χ0) is 49.2. The predicted octanol–water partition coefficient (Wildman–Crippen LogP) is -12.8. The van der Waals surface area contributed by atoms with Gasteiger partial charge in [0.2, 0.25) is 0 Å². The summed E-state index contributed by atoms with van der Waals surface area (Å²) in [4.78, 5) is 0. The molecule has 6 aliphatic heterocycles. The third-order valence-corrected chi connectivity index (χ3v) is 12.6. The summed E-state index contributed by atoms with van der Waals surface area (Å²) in [6.45, 7) is -5.58. The van der Waals surface area contributed by atoms with Crippen molar-refractivity contribution in [2.75, 3.05) is 53.4 Å². The molecule has 0 bridgehead atoms. The molecule has 6 rings (SSSR count). The Hall–Kier alpha value is -1.20. The van der Waals surface area contributed by atoms with Crippen LogP contribution in [0.4, 0.5) is 0 Å². The molecule has 30 heteroatoms. The molecule has 0 radical (unpaired) electrons. The molecule has 29 unspecified atom stereocenters. The molecule has 6 fully saturated rings. The first kappa shape index (κ1) is 55.1. The van der Waals surface area contributed by atoms with E-state index in [2.05, 4.69) is 0 Å². The van der Waals surface area contributed by atoms with Gasteiger partial charge in [-0.05, 0) is 0 Å². The van der Waals surface area contributed by atoms with Crippen molar-refractivity contribution in [3.63, 3.8) is 0 Å². The number of hydrogen-bond donors (Lipinski definition) is 18. The van der Waals surface area contributed by atoms with E-state index in [1.807, 2.05) is 0 Å². The van der Waals surface area contributed by atoms with Crippen molar-refractivity contribution in [1.82, 2.24) is 0 Å². The lowest BCUT2D eigenvalue weighted by molar-refractivity contribution is -0.395. The van der Waals surface area contributed by atoms with Gasteiger partial charge in [0, 0.05) is 7.11 Å². The number of ether oxygens (including phenoxy) is 12. The van der Waals surface area contributed by atoms with E-state index in [4.69, 9.17) is 56.8 Å². The van der Waals surface area contributed by atoms with Crippen LogP contribution >= 0.6 is 0 Å². The fourth-order valence-electron chi connectivity index (χ4n) is 8.74. The average Bonchev–Trinajstić information content (AvgIpc) is 3.32. The minimum Gasteiger partial charge on any atom is -0.394 e. The van der Waals surface area contributed by atoms with Crippen LogP contribution in [0.5, 0.6) is 0 Å². The van der Waals surface area contributed by atoms with Crippen LogP contribution in [0.15, 0.2) is 0 Å². The van der Waals surface area contributed by atoms with Crippen LogP contribution < -0.4 is 0 Å². The fraction of sp³-hybridized carbons (Fsp3) is 1.00. The van der Waals surface area contributed by atoms with Gasteiger partial charge in [-0.3, -0.25) is 0 Å². The van der Waals surface area contributed by atoms with E-state index in [1.54, 1.807) is 0 Å². The summed E-state index contributed by atoms with van der Waals surface area (Å²) in [5.74, 6) is 0. The molecule has 6 aliphatic rings. The number of aliphatic hydroxyl groups excluding tert-OH is 18. The van der Waals surface area contributed by atoms with E-state index in [0.29, 0.717) is 0 Å². The van der Waals surface area contributed by atoms with E-state index >= 15 is 0 Å². The second kappa shape index (κ2) is 24.0. The number of rotatable bonds is 17. The lowest BCUT2D eigenvalue weighted by Crippen LogP contribution is -2.68. The molecule has 18 N–H and O–H groups in total. The van der Waals surface area contributed by atoms with Gasteiger partial charge in [0.1, 0.15) is 146 Å². The first-order chi connectivity index (χ1) is 31.9. The Labute approximate surface area is 380 Å². The molecule has 30 nitrogen and oxygen atoms in total. The topological polar surface area (TPSA) is 475 Å². The van der Waals surface area contributed by atoms with Gasteiger partial charge in [-0.25, -0.2) is 0 Å². The summed E-state index contributed by atoms with van der Waals surface area (Å²) in [6, 6.07) is 0. The first-order valence-corrected chi connectivity index (χ1v) is 21.4. The van der Waals surface area contributed by atoms with E-state index in [9.17, 15) is 91.9 Å². The Kier molecular flexibility index (Phi) is 19.8. The minimum atomic E-state index is -2.15. The van der Waals surface area contributed by atoms with Gasteiger partial charge in [-0.15, -0.1) is 0 Å². The quantitative estimate of drug-likeness (QED) is 0.0643. The van der Waals surface area contributed by atoms with Crippen LogP contribution in [-0.2, 0) is 56.8 Å². The number of hydrogen-bond acceptors (Lipinski definition) is 30. The Morgan fingerprint density at radius 1 is 0.313 bits per heavy atom. The maximum absolute atomic E-state index is 11.2. The van der Waals surface area contributed by atoms with Gasteiger partial charge in [0.05, 0.1) is 46.2 Å². The third kappa shape index (κ3) is 11.4. The molecule has 67 heavy (non-hydrogen) atoms. The molecule has 0 aromatic heterocycles. The van der Waals surface area contributed by atoms with Crippen molar-refractivity contribution in [1.29, 1.82) is 0 Å². The zero-order valence-corrected chi connectivity index (χ0v) is 35.6. The van der Waals surface area contributed by atoms with Gasteiger partial charge in [0.15, 0.2) is 31.5 Å². The molecule has 29 atom stereocenters. The second-order valence-corrected chi connectivity index (χ2v) is 16.8. The average molecular weight is 989 g/mol. The first-order valence-electron chi connectivity index (χ1n) is 21.4. The third-order valence-electron chi connectivity index (χ3n) is 12.6. The molecule has 6 saturated heterocycles. The van der Waals surface area contributed by atoms with Crippen molar-refractivity contribution in [2.45, 2.75) is 178 Å². The largest absolute Gasteiger partial charge is 0.394 e. The molecule has 0 aromatic carbocycles. The summed E-state index contributed by atoms with van der Waals surface area (Å²) in [5, 5.41) is 190. The zero-order valence-electron chi connectivity index (χ0n) is 35.6. The van der Waals surface area contributed by atoms with Crippen LogP contribution in [0.1, 0.15) is 0 Å². The predicted molar refractivity (Wildman–Crippen MR) is 203 cm³/mol. The monoisotopic (exact) mass is 988 g/mol. The lowest BCUT2D eigenvalue weighted by Gasteiger charge is -2.49. The number of aliphatic hydroxyl groups is 18. The number of methoxy groups -OCH3 is 1. The molecule has 0 amide bonds. The highest BCUT2D eigenvalue weighted by molar-refractivity contribution is 5.00. The van der Waals surface area contributed by atoms with Crippen LogP contribution in [0.3, 0.4) is 0 Å². The molecule has 0 saturated carbocycles. The van der Waals surface area contributed by atoms with Gasteiger partial charge < -0.3 is 149 Å². The maximum Gasteiger partial charge on any atom is 0.187 e. The Morgan fingerprint density at radius 2 is 0.537 bits per heavy atom. The van der Waals surface area contributed by atoms with E-state index < -0.39 is 218 Å². The van der Waals surface area contributed by atoms with Crippen molar-refractivity contribution in [3.05, 3.63) is 0 Å². The van der Waals surface area contributed by atoms with Crippen LogP contribution in [0.25, 0.3) is 0 Å². The SMILES string of the molecule is COC1C(CO)OC(OC2C(CO)OC(OC3C(CO)OC(OC4C(CO)OC(OC5C(CO)OC(OC6C(CO)OCC(O)C6O)C(O)C5O)C(O)C4O)C(O)C3O)C(O)C2O)C(O)C1O. The Morgan fingerprint density at radius 3 is 0.776 bits per heavy atom. The molecule has 392 valence electrons. The van der Waals surface area contributed by atoms with Crippen LogP contribution in [0.2, 0.25) is 0 Å². The van der Waals surface area contributed by atoms with Gasteiger partial charge >= 0.3 is 0 Å². The summed E-state index contributed by atoms with van der Waals surface area (Å²) < 4.78 is 66.4. The summed E-state index contributed by atoms with van der Waals surface area (Å²) in [6.07, 6.45) is -51.3.